The van der Waals surface area contributed by atoms with Crippen LogP contribution in [0.1, 0.15) is 28.9 Å². The molecule has 0 saturated carbocycles. The highest BCUT2D eigenvalue weighted by atomic mass is 32.2. The lowest BCUT2D eigenvalue weighted by atomic mass is 9.96. The second-order valence-corrected chi connectivity index (χ2v) is 5.66. The number of carbonyl (C=O) groups is 1. The Hall–Kier alpha value is -0.350. The molecular weight excluding hydrogens is 214 g/mol. The molecule has 0 aliphatic carbocycles. The Morgan fingerprint density at radius 2 is 2.29 bits per heavy atom. The summed E-state index contributed by atoms with van der Waals surface area (Å²) in [5.41, 5.74) is 1.73. The number of rotatable bonds is 3. The molecule has 1 aromatic heterocycles. The zero-order valence-electron chi connectivity index (χ0n) is 7.94. The SMILES string of the molecule is O=C(CC1CCSCC1)c1cncs1. The second kappa shape index (κ2) is 4.94. The standard InChI is InChI=1S/C10H13NOS2/c12-9(10-6-11-7-14-10)5-8-1-3-13-4-2-8/h6-8H,1-5H2. The van der Waals surface area contributed by atoms with Crippen LogP contribution in [0.25, 0.3) is 0 Å². The summed E-state index contributed by atoms with van der Waals surface area (Å²) >= 11 is 3.46. The first-order chi connectivity index (χ1) is 6.86. The first-order valence-corrected chi connectivity index (χ1v) is 6.89. The van der Waals surface area contributed by atoms with Gasteiger partial charge in [0.1, 0.15) is 0 Å². The van der Waals surface area contributed by atoms with Crippen molar-refractivity contribution < 1.29 is 4.79 Å². The van der Waals surface area contributed by atoms with Crippen LogP contribution in [0.5, 0.6) is 0 Å². The highest BCUT2D eigenvalue weighted by Crippen LogP contribution is 2.26. The number of thioether (sulfide) groups is 1. The molecule has 1 aromatic rings. The van der Waals surface area contributed by atoms with Crippen LogP contribution in [0.3, 0.4) is 0 Å². The highest BCUT2D eigenvalue weighted by Gasteiger charge is 2.18. The molecule has 2 rings (SSSR count). The Bertz CT molecular complexity index is 291. The molecule has 2 nitrogen and oxygen atoms in total. The van der Waals surface area contributed by atoms with E-state index in [-0.39, 0.29) is 5.78 Å². The van der Waals surface area contributed by atoms with E-state index in [4.69, 9.17) is 0 Å². The molecule has 14 heavy (non-hydrogen) atoms. The molecule has 0 spiro atoms. The normalized spacial score (nSPS) is 18.3. The van der Waals surface area contributed by atoms with Crippen LogP contribution in [-0.4, -0.2) is 22.3 Å². The summed E-state index contributed by atoms with van der Waals surface area (Å²) in [7, 11) is 0. The monoisotopic (exact) mass is 227 g/mol. The highest BCUT2D eigenvalue weighted by molar-refractivity contribution is 7.99. The third-order valence-corrected chi connectivity index (χ3v) is 4.38. The lowest BCUT2D eigenvalue weighted by molar-refractivity contribution is 0.0962. The predicted molar refractivity (Wildman–Crippen MR) is 61.1 cm³/mol. The molecular formula is C10H13NOS2. The number of thiazole rings is 1. The van der Waals surface area contributed by atoms with E-state index in [2.05, 4.69) is 4.98 Å². The Kier molecular flexibility index (Phi) is 3.59. The third-order valence-electron chi connectivity index (χ3n) is 2.52. The van der Waals surface area contributed by atoms with Crippen LogP contribution in [0.2, 0.25) is 0 Å². The lowest BCUT2D eigenvalue weighted by Crippen LogP contribution is -2.13. The molecule has 76 valence electrons. The fourth-order valence-corrected chi connectivity index (χ4v) is 3.44. The predicted octanol–water partition coefficient (Wildman–Crippen LogP) is 2.86. The molecule has 4 heteroatoms. The van der Waals surface area contributed by atoms with Gasteiger partial charge in [0.2, 0.25) is 0 Å². The zero-order chi connectivity index (χ0) is 9.80. The third kappa shape index (κ3) is 2.58. The summed E-state index contributed by atoms with van der Waals surface area (Å²) < 4.78 is 0. The minimum absolute atomic E-state index is 0.282. The van der Waals surface area contributed by atoms with Crippen LogP contribution >= 0.6 is 23.1 Å². The van der Waals surface area contributed by atoms with Crippen molar-refractivity contribution in [2.45, 2.75) is 19.3 Å². The van der Waals surface area contributed by atoms with Gasteiger partial charge >= 0.3 is 0 Å². The van der Waals surface area contributed by atoms with Crippen LogP contribution in [-0.2, 0) is 0 Å². The maximum Gasteiger partial charge on any atom is 0.174 e. The maximum atomic E-state index is 11.7. The smallest absolute Gasteiger partial charge is 0.174 e. The fraction of sp³-hybridized carbons (Fsp3) is 0.600. The van der Waals surface area contributed by atoms with Gasteiger partial charge in [-0.1, -0.05) is 0 Å². The van der Waals surface area contributed by atoms with Crippen molar-refractivity contribution >= 4 is 28.9 Å². The van der Waals surface area contributed by atoms with E-state index in [1.165, 1.54) is 35.7 Å². The molecule has 0 N–H and O–H groups in total. The van der Waals surface area contributed by atoms with Crippen LogP contribution in [0, 0.1) is 5.92 Å². The minimum atomic E-state index is 0.282. The minimum Gasteiger partial charge on any atom is -0.293 e. The molecule has 0 atom stereocenters. The number of Topliss-reactive ketones (excluding diaryl/α,β-unsaturated/α-hetero) is 1. The molecule has 0 radical (unpaired) electrons. The van der Waals surface area contributed by atoms with Gasteiger partial charge in [0.05, 0.1) is 10.4 Å². The van der Waals surface area contributed by atoms with Gasteiger partial charge in [-0.15, -0.1) is 11.3 Å². The quantitative estimate of drug-likeness (QED) is 0.744. The van der Waals surface area contributed by atoms with Crippen molar-refractivity contribution in [3.05, 3.63) is 16.6 Å². The average Bonchev–Trinajstić information content (AvgIpc) is 2.72. The molecule has 0 aromatic carbocycles. The van der Waals surface area contributed by atoms with Crippen molar-refractivity contribution in [3.8, 4) is 0 Å². The Morgan fingerprint density at radius 1 is 1.50 bits per heavy atom. The van der Waals surface area contributed by atoms with E-state index in [0.717, 1.165) is 11.3 Å². The van der Waals surface area contributed by atoms with Crippen LogP contribution in [0.15, 0.2) is 11.7 Å². The Labute approximate surface area is 92.1 Å². The lowest BCUT2D eigenvalue weighted by Gasteiger charge is -2.19. The van der Waals surface area contributed by atoms with Gasteiger partial charge in [-0.05, 0) is 30.3 Å². The van der Waals surface area contributed by atoms with Crippen molar-refractivity contribution in [2.75, 3.05) is 11.5 Å². The number of carbonyl (C=O) groups excluding carboxylic acids is 1. The van der Waals surface area contributed by atoms with Gasteiger partial charge in [-0.25, -0.2) is 0 Å². The van der Waals surface area contributed by atoms with Crippen molar-refractivity contribution in [1.29, 1.82) is 0 Å². The summed E-state index contributed by atoms with van der Waals surface area (Å²) in [6, 6.07) is 0. The molecule has 1 saturated heterocycles. The van der Waals surface area contributed by atoms with Gasteiger partial charge in [0, 0.05) is 12.6 Å². The summed E-state index contributed by atoms with van der Waals surface area (Å²) in [5, 5.41) is 0. The van der Waals surface area contributed by atoms with Crippen LogP contribution in [0.4, 0.5) is 0 Å². The first-order valence-electron chi connectivity index (χ1n) is 4.85. The summed E-state index contributed by atoms with van der Waals surface area (Å²) in [5.74, 6) is 3.34. The largest absolute Gasteiger partial charge is 0.293 e. The molecule has 0 amide bonds. The van der Waals surface area contributed by atoms with Gasteiger partial charge < -0.3 is 0 Å². The molecule has 0 unspecified atom stereocenters. The molecule has 0 bridgehead atoms. The molecule has 1 aliphatic heterocycles. The first kappa shape index (κ1) is 10.2. The van der Waals surface area contributed by atoms with E-state index in [9.17, 15) is 4.79 Å². The number of hydrogen-bond acceptors (Lipinski definition) is 4. The second-order valence-electron chi connectivity index (χ2n) is 3.55. The number of hydrogen-bond donors (Lipinski definition) is 0. The molecule has 1 aliphatic rings. The number of aromatic nitrogens is 1. The van der Waals surface area contributed by atoms with E-state index in [1.807, 2.05) is 11.8 Å². The van der Waals surface area contributed by atoms with Gasteiger partial charge in [0.25, 0.3) is 0 Å². The Morgan fingerprint density at radius 3 is 2.93 bits per heavy atom. The van der Waals surface area contributed by atoms with Crippen molar-refractivity contribution in [3.63, 3.8) is 0 Å². The summed E-state index contributed by atoms with van der Waals surface area (Å²) in [4.78, 5) is 16.5. The van der Waals surface area contributed by atoms with E-state index in [1.54, 1.807) is 11.7 Å². The summed E-state index contributed by atoms with van der Waals surface area (Å²) in [6.45, 7) is 0. The molecule has 2 heterocycles. The average molecular weight is 227 g/mol. The zero-order valence-corrected chi connectivity index (χ0v) is 9.57. The molecule has 1 fully saturated rings. The maximum absolute atomic E-state index is 11.7. The van der Waals surface area contributed by atoms with Crippen molar-refractivity contribution in [2.24, 2.45) is 5.92 Å². The summed E-state index contributed by atoms with van der Waals surface area (Å²) in [6.07, 6.45) is 4.82. The van der Waals surface area contributed by atoms with Crippen LogP contribution < -0.4 is 0 Å². The van der Waals surface area contributed by atoms with E-state index in [0.29, 0.717) is 5.92 Å². The number of ketones is 1. The van der Waals surface area contributed by atoms with Gasteiger partial charge in [-0.2, -0.15) is 11.8 Å². The topological polar surface area (TPSA) is 30.0 Å². The Balaban J connectivity index is 1.87. The van der Waals surface area contributed by atoms with E-state index < -0.39 is 0 Å². The fourth-order valence-electron chi connectivity index (χ4n) is 1.67. The van der Waals surface area contributed by atoms with Crippen molar-refractivity contribution in [1.82, 2.24) is 4.98 Å². The van der Waals surface area contributed by atoms with Gasteiger partial charge in [0.15, 0.2) is 5.78 Å². The van der Waals surface area contributed by atoms with E-state index >= 15 is 0 Å². The van der Waals surface area contributed by atoms with Gasteiger partial charge in [-0.3, -0.25) is 9.78 Å². The number of nitrogens with zero attached hydrogens (tertiary/aromatic N) is 1.